The van der Waals surface area contributed by atoms with Gasteiger partial charge in [0.15, 0.2) is 0 Å². The molecule has 1 aromatic heterocycles. The molecule has 0 amide bonds. The van der Waals surface area contributed by atoms with Gasteiger partial charge in [0.05, 0.1) is 17.2 Å². The van der Waals surface area contributed by atoms with Gasteiger partial charge in [-0.1, -0.05) is 0 Å². The van der Waals surface area contributed by atoms with Crippen LogP contribution in [0.1, 0.15) is 6.92 Å². The van der Waals surface area contributed by atoms with Crippen molar-refractivity contribution in [1.82, 2.24) is 4.98 Å². The number of nitrogens with zero attached hydrogens (tertiary/aromatic N) is 5. The number of thioether (sulfide) groups is 1. The molecule has 1 aromatic carbocycles. The van der Waals surface area contributed by atoms with Crippen LogP contribution in [0.4, 0.5) is 33.1 Å². The van der Waals surface area contributed by atoms with Gasteiger partial charge in [0.25, 0.3) is 0 Å². The number of anilines is 4. The Morgan fingerprint density at radius 2 is 2.00 bits per heavy atom. The topological polar surface area (TPSA) is 86.9 Å². The minimum absolute atomic E-state index is 0.0775. The van der Waals surface area contributed by atoms with E-state index in [9.17, 15) is 14.5 Å². The molecule has 0 bridgehead atoms. The molecular formula is C19H21FN6O2S. The van der Waals surface area contributed by atoms with Gasteiger partial charge in [-0.25, -0.2) is 9.37 Å². The molecule has 0 saturated carbocycles. The molecule has 10 heteroatoms. The molecule has 4 rings (SSSR count). The van der Waals surface area contributed by atoms with Crippen molar-refractivity contribution in [2.24, 2.45) is 4.99 Å². The fourth-order valence-electron chi connectivity index (χ4n) is 3.45. The van der Waals surface area contributed by atoms with E-state index >= 15 is 0 Å². The molecule has 0 spiro atoms. The molecule has 0 radical (unpaired) electrons. The zero-order chi connectivity index (χ0) is 20.4. The van der Waals surface area contributed by atoms with Gasteiger partial charge in [-0.15, -0.1) is 0 Å². The van der Waals surface area contributed by atoms with Crippen LogP contribution in [0.3, 0.4) is 0 Å². The monoisotopic (exact) mass is 416 g/mol. The smallest absolute Gasteiger partial charge is 0.311 e. The highest BCUT2D eigenvalue weighted by atomic mass is 32.2. The summed E-state index contributed by atoms with van der Waals surface area (Å²) in [6.07, 6.45) is 0. The first-order valence-corrected chi connectivity index (χ1v) is 10.5. The summed E-state index contributed by atoms with van der Waals surface area (Å²) in [6.45, 7) is 4.82. The number of nitrogens with one attached hydrogen (secondary N) is 1. The number of pyridine rings is 1. The maximum atomic E-state index is 14.7. The minimum atomic E-state index is -0.500. The van der Waals surface area contributed by atoms with Crippen LogP contribution in [0.2, 0.25) is 0 Å². The highest BCUT2D eigenvalue weighted by Crippen LogP contribution is 2.31. The maximum Gasteiger partial charge on any atom is 0.311 e. The van der Waals surface area contributed by atoms with Gasteiger partial charge >= 0.3 is 5.69 Å². The predicted octanol–water partition coefficient (Wildman–Crippen LogP) is 3.66. The van der Waals surface area contributed by atoms with Gasteiger partial charge in [-0.3, -0.25) is 15.1 Å². The lowest BCUT2D eigenvalue weighted by Crippen LogP contribution is -2.33. The summed E-state index contributed by atoms with van der Waals surface area (Å²) in [6, 6.07) is 7.80. The summed E-state index contributed by atoms with van der Waals surface area (Å²) < 4.78 is 14.7. The van der Waals surface area contributed by atoms with Crippen LogP contribution in [0.25, 0.3) is 0 Å². The molecule has 1 saturated heterocycles. The van der Waals surface area contributed by atoms with Crippen LogP contribution in [-0.4, -0.2) is 53.4 Å². The van der Waals surface area contributed by atoms with Gasteiger partial charge in [-0.05, 0) is 31.2 Å². The third kappa shape index (κ3) is 4.12. The number of amidine groups is 1. The maximum absolute atomic E-state index is 14.7. The molecule has 0 aliphatic carbocycles. The molecule has 3 heterocycles. The molecule has 2 aliphatic heterocycles. The van der Waals surface area contributed by atoms with Crippen LogP contribution >= 0.6 is 11.8 Å². The summed E-state index contributed by atoms with van der Waals surface area (Å²) in [5.74, 6) is 3.05. The fourth-order valence-corrected chi connectivity index (χ4v) is 4.36. The first-order valence-electron chi connectivity index (χ1n) is 9.36. The third-order valence-corrected chi connectivity index (χ3v) is 5.89. The third-order valence-electron chi connectivity index (χ3n) is 4.95. The normalized spacial score (nSPS) is 16.7. The number of nitro groups is 1. The van der Waals surface area contributed by atoms with E-state index in [1.165, 1.54) is 12.1 Å². The van der Waals surface area contributed by atoms with Crippen molar-refractivity contribution in [2.45, 2.75) is 6.92 Å². The summed E-state index contributed by atoms with van der Waals surface area (Å²) in [7, 11) is 0. The molecule has 152 valence electrons. The molecule has 1 fully saturated rings. The standard InChI is InChI=1S/C19H21FN6O2S/c1-13-21-6-7-25(13)18-5-4-17(26(27)28)19(23-18)22-14-2-3-16(15(20)12-14)24-8-10-29-11-9-24/h2-5,12H,6-11H2,1H3,(H,22,23). The Balaban J connectivity index is 1.61. The highest BCUT2D eigenvalue weighted by Gasteiger charge is 2.22. The lowest BCUT2D eigenvalue weighted by atomic mass is 10.2. The number of hydrogen-bond donors (Lipinski definition) is 1. The molecule has 0 atom stereocenters. The molecule has 29 heavy (non-hydrogen) atoms. The minimum Gasteiger partial charge on any atom is -0.368 e. The van der Waals surface area contributed by atoms with E-state index < -0.39 is 4.92 Å². The molecule has 2 aromatic rings. The van der Waals surface area contributed by atoms with Crippen molar-refractivity contribution in [2.75, 3.05) is 52.8 Å². The van der Waals surface area contributed by atoms with Crippen molar-refractivity contribution in [1.29, 1.82) is 0 Å². The Bertz CT molecular complexity index is 964. The second kappa shape index (κ2) is 8.24. The molecule has 8 nitrogen and oxygen atoms in total. The molecule has 1 N–H and O–H groups in total. The summed E-state index contributed by atoms with van der Waals surface area (Å²) in [4.78, 5) is 23.6. The Morgan fingerprint density at radius 3 is 2.66 bits per heavy atom. The van der Waals surface area contributed by atoms with Crippen LogP contribution in [0.5, 0.6) is 0 Å². The van der Waals surface area contributed by atoms with Crippen LogP contribution in [-0.2, 0) is 0 Å². The average molecular weight is 416 g/mol. The van der Waals surface area contributed by atoms with Gasteiger partial charge in [0, 0.05) is 42.9 Å². The zero-order valence-corrected chi connectivity index (χ0v) is 16.8. The lowest BCUT2D eigenvalue weighted by molar-refractivity contribution is -0.384. The van der Waals surface area contributed by atoms with Crippen molar-refractivity contribution >= 4 is 46.3 Å². The van der Waals surface area contributed by atoms with Crippen molar-refractivity contribution in [3.8, 4) is 0 Å². The number of halogens is 1. The second-order valence-electron chi connectivity index (χ2n) is 6.77. The van der Waals surface area contributed by atoms with E-state index in [0.29, 0.717) is 30.3 Å². The van der Waals surface area contributed by atoms with Gasteiger partial charge < -0.3 is 15.1 Å². The van der Waals surface area contributed by atoms with Crippen molar-refractivity contribution in [3.63, 3.8) is 0 Å². The van der Waals surface area contributed by atoms with Gasteiger partial charge in [0.1, 0.15) is 17.5 Å². The Morgan fingerprint density at radius 1 is 1.21 bits per heavy atom. The van der Waals surface area contributed by atoms with Crippen LogP contribution < -0.4 is 15.1 Å². The molecule has 0 unspecified atom stereocenters. The van der Waals surface area contributed by atoms with Gasteiger partial charge in [0.2, 0.25) is 5.82 Å². The van der Waals surface area contributed by atoms with E-state index in [1.807, 2.05) is 28.5 Å². The number of aliphatic imine (C=N–C) groups is 1. The number of aromatic nitrogens is 1. The number of rotatable bonds is 5. The van der Waals surface area contributed by atoms with Crippen LogP contribution in [0, 0.1) is 15.9 Å². The van der Waals surface area contributed by atoms with E-state index in [1.54, 1.807) is 18.2 Å². The summed E-state index contributed by atoms with van der Waals surface area (Å²) in [5, 5.41) is 14.4. The van der Waals surface area contributed by atoms with Crippen molar-refractivity contribution in [3.05, 3.63) is 46.3 Å². The zero-order valence-electron chi connectivity index (χ0n) is 16.0. The van der Waals surface area contributed by atoms with E-state index in [2.05, 4.69) is 15.3 Å². The first-order chi connectivity index (χ1) is 14.0. The summed E-state index contributed by atoms with van der Waals surface area (Å²) in [5.41, 5.74) is 0.799. The molecular weight excluding hydrogens is 395 g/mol. The summed E-state index contributed by atoms with van der Waals surface area (Å²) >= 11 is 1.86. The highest BCUT2D eigenvalue weighted by molar-refractivity contribution is 7.99. The Labute approximate surface area is 172 Å². The fraction of sp³-hybridized carbons (Fsp3) is 0.368. The van der Waals surface area contributed by atoms with Gasteiger partial charge in [-0.2, -0.15) is 11.8 Å². The lowest BCUT2D eigenvalue weighted by Gasteiger charge is -2.29. The Hall–Kier alpha value is -2.88. The van der Waals surface area contributed by atoms with E-state index in [-0.39, 0.29) is 17.3 Å². The number of benzene rings is 1. The average Bonchev–Trinajstić information content (AvgIpc) is 3.14. The van der Waals surface area contributed by atoms with Crippen molar-refractivity contribution < 1.29 is 9.31 Å². The first kappa shape index (κ1) is 19.4. The quantitative estimate of drug-likeness (QED) is 0.588. The SMILES string of the molecule is CC1=NCCN1c1ccc([N+](=O)[O-])c(Nc2ccc(N3CCSCC3)c(F)c2)n1. The van der Waals surface area contributed by atoms with E-state index in [4.69, 9.17) is 0 Å². The Kier molecular flexibility index (Phi) is 5.52. The molecule has 2 aliphatic rings. The largest absolute Gasteiger partial charge is 0.368 e. The second-order valence-corrected chi connectivity index (χ2v) is 7.99. The van der Waals surface area contributed by atoms with E-state index in [0.717, 1.165) is 30.4 Å². The number of hydrogen-bond acceptors (Lipinski definition) is 8. The predicted molar refractivity (Wildman–Crippen MR) is 115 cm³/mol. The van der Waals surface area contributed by atoms with Crippen LogP contribution in [0.15, 0.2) is 35.3 Å².